The summed E-state index contributed by atoms with van der Waals surface area (Å²) >= 11 is 0. The van der Waals surface area contributed by atoms with Gasteiger partial charge in [-0.05, 0) is 17.1 Å². The van der Waals surface area contributed by atoms with Crippen molar-refractivity contribution in [3.05, 3.63) is 52.5 Å². The van der Waals surface area contributed by atoms with Crippen molar-refractivity contribution in [2.24, 2.45) is 0 Å². The summed E-state index contributed by atoms with van der Waals surface area (Å²) < 4.78 is 26.9. The Hall–Kier alpha value is -2.75. The molecule has 0 bridgehead atoms. The van der Waals surface area contributed by atoms with Crippen LogP contribution in [0.4, 0.5) is 5.82 Å². The van der Waals surface area contributed by atoms with Gasteiger partial charge < -0.3 is 10.1 Å². The minimum absolute atomic E-state index is 0.0693. The van der Waals surface area contributed by atoms with Gasteiger partial charge in [-0.2, -0.15) is 0 Å². The van der Waals surface area contributed by atoms with E-state index in [0.717, 1.165) is 10.8 Å². The summed E-state index contributed by atoms with van der Waals surface area (Å²) in [5.41, 5.74) is 0. The molecule has 116 valence electrons. The van der Waals surface area contributed by atoms with E-state index in [4.69, 9.17) is 0 Å². The lowest BCUT2D eigenvalue weighted by Gasteiger charge is -2.06. The van der Waals surface area contributed by atoms with Crippen molar-refractivity contribution in [3.63, 3.8) is 0 Å². The van der Waals surface area contributed by atoms with Crippen LogP contribution in [0.5, 0.6) is 0 Å². The van der Waals surface area contributed by atoms with Crippen LogP contribution in [0.3, 0.4) is 0 Å². The highest BCUT2D eigenvalue weighted by Crippen LogP contribution is 2.13. The van der Waals surface area contributed by atoms with E-state index in [1.807, 2.05) is 4.72 Å². The number of carbonyl (C=O) groups is 1. The van der Waals surface area contributed by atoms with Crippen molar-refractivity contribution in [2.75, 3.05) is 0 Å². The highest BCUT2D eigenvalue weighted by atomic mass is 32.2. The zero-order chi connectivity index (χ0) is 16.3. The Bertz CT molecular complexity index is 813. The third-order valence-corrected chi connectivity index (χ3v) is 4.21. The first-order valence-corrected chi connectivity index (χ1v) is 7.57. The van der Waals surface area contributed by atoms with E-state index >= 15 is 0 Å². The lowest BCUT2D eigenvalue weighted by Crippen LogP contribution is -2.33. The van der Waals surface area contributed by atoms with Crippen molar-refractivity contribution in [1.29, 1.82) is 0 Å². The molecule has 1 aromatic heterocycles. The monoisotopic (exact) mass is 324 g/mol. The van der Waals surface area contributed by atoms with Gasteiger partial charge in [-0.15, -0.1) is 0 Å². The second-order valence-corrected chi connectivity index (χ2v) is 6.03. The van der Waals surface area contributed by atoms with E-state index in [1.165, 1.54) is 31.2 Å². The minimum Gasteiger partial charge on any atom is -0.358 e. The number of sulfonamides is 1. The molecule has 0 spiro atoms. The molecule has 0 aliphatic carbocycles. The summed E-state index contributed by atoms with van der Waals surface area (Å²) in [6.45, 7) is 0.959. The molecule has 2 aromatic rings. The van der Waals surface area contributed by atoms with Crippen molar-refractivity contribution in [3.8, 4) is 0 Å². The molecule has 0 radical (unpaired) electrons. The summed E-state index contributed by atoms with van der Waals surface area (Å²) in [6.07, 6.45) is 1.01. The molecule has 0 fully saturated rings. The molecule has 22 heavy (non-hydrogen) atoms. The number of aryl methyl sites for hydroxylation is 1. The van der Waals surface area contributed by atoms with Crippen LogP contribution in [0.15, 0.2) is 41.4 Å². The maximum atomic E-state index is 12.0. The number of nitrogens with zero attached hydrogens (tertiary/aromatic N) is 3. The smallest absolute Gasteiger partial charge is 0.343 e. The molecule has 1 N–H and O–H groups in total. The average molecular weight is 324 g/mol. The molecule has 0 aliphatic heterocycles. The van der Waals surface area contributed by atoms with E-state index in [-0.39, 0.29) is 16.5 Å². The fraction of sp³-hybridized carbons (Fsp3) is 0.167. The van der Waals surface area contributed by atoms with Gasteiger partial charge in [0, 0.05) is 6.92 Å². The van der Waals surface area contributed by atoms with E-state index in [9.17, 15) is 23.3 Å². The van der Waals surface area contributed by atoms with Gasteiger partial charge in [-0.1, -0.05) is 18.2 Å². The second kappa shape index (κ2) is 5.93. The molecule has 1 heterocycles. The first-order chi connectivity index (χ1) is 10.3. The van der Waals surface area contributed by atoms with Gasteiger partial charge in [0.15, 0.2) is 12.4 Å². The first-order valence-electron chi connectivity index (χ1n) is 6.08. The predicted molar refractivity (Wildman–Crippen MR) is 75.4 cm³/mol. The Morgan fingerprint density at radius 2 is 2.00 bits per heavy atom. The van der Waals surface area contributed by atoms with Crippen LogP contribution in [-0.4, -0.2) is 28.8 Å². The quantitative estimate of drug-likeness (QED) is 0.634. The molecule has 9 nitrogen and oxygen atoms in total. The molecule has 0 atom stereocenters. The van der Waals surface area contributed by atoms with Crippen LogP contribution in [0.2, 0.25) is 0 Å². The summed E-state index contributed by atoms with van der Waals surface area (Å²) in [7, 11) is -4.01. The third kappa shape index (κ3) is 3.28. The number of imidazole rings is 1. The number of nitrogens with one attached hydrogen (secondary N) is 1. The van der Waals surface area contributed by atoms with Crippen molar-refractivity contribution in [2.45, 2.75) is 18.4 Å². The number of rotatable bonds is 5. The molecule has 10 heteroatoms. The van der Waals surface area contributed by atoms with Gasteiger partial charge in [0.1, 0.15) is 6.20 Å². The fourth-order valence-electron chi connectivity index (χ4n) is 1.78. The zero-order valence-electron chi connectivity index (χ0n) is 11.5. The Morgan fingerprint density at radius 3 is 2.59 bits per heavy atom. The lowest BCUT2D eigenvalue weighted by molar-refractivity contribution is -0.392. The molecular weight excluding hydrogens is 312 g/mol. The summed E-state index contributed by atoms with van der Waals surface area (Å²) in [6, 6.07) is 7.34. The lowest BCUT2D eigenvalue weighted by atomic mass is 10.4. The number of aromatic nitrogens is 2. The number of hydrogen-bond acceptors (Lipinski definition) is 6. The summed E-state index contributed by atoms with van der Waals surface area (Å²) in [5.74, 6) is -1.04. The number of hydrogen-bond donors (Lipinski definition) is 1. The normalized spacial score (nSPS) is 11.1. The van der Waals surface area contributed by atoms with E-state index in [2.05, 4.69) is 4.98 Å². The Morgan fingerprint density at radius 1 is 1.36 bits per heavy atom. The largest absolute Gasteiger partial charge is 0.358 e. The van der Waals surface area contributed by atoms with E-state index in [0.29, 0.717) is 0 Å². The second-order valence-electron chi connectivity index (χ2n) is 4.35. The highest BCUT2D eigenvalue weighted by Gasteiger charge is 2.23. The molecule has 2 rings (SSSR count). The molecule has 0 unspecified atom stereocenters. The van der Waals surface area contributed by atoms with Crippen LogP contribution in [0.1, 0.15) is 5.82 Å². The summed E-state index contributed by atoms with van der Waals surface area (Å²) in [4.78, 5) is 25.7. The molecule has 1 amide bonds. The topological polar surface area (TPSA) is 124 Å². The predicted octanol–water partition coefficient (Wildman–Crippen LogP) is 0.605. The van der Waals surface area contributed by atoms with Crippen molar-refractivity contribution < 1.29 is 18.1 Å². The van der Waals surface area contributed by atoms with Gasteiger partial charge >= 0.3 is 5.82 Å². The number of amides is 1. The minimum atomic E-state index is -4.01. The van der Waals surface area contributed by atoms with Crippen LogP contribution in [-0.2, 0) is 21.4 Å². The van der Waals surface area contributed by atoms with E-state index < -0.39 is 27.4 Å². The van der Waals surface area contributed by atoms with Gasteiger partial charge in [-0.25, -0.2) is 22.7 Å². The zero-order valence-corrected chi connectivity index (χ0v) is 12.3. The van der Waals surface area contributed by atoms with Crippen LogP contribution >= 0.6 is 0 Å². The van der Waals surface area contributed by atoms with Crippen molar-refractivity contribution >= 4 is 21.7 Å². The molecule has 0 saturated heterocycles. The fourth-order valence-corrected chi connectivity index (χ4v) is 2.78. The van der Waals surface area contributed by atoms with Crippen LogP contribution < -0.4 is 4.72 Å². The molecule has 0 saturated carbocycles. The third-order valence-electron chi connectivity index (χ3n) is 2.82. The van der Waals surface area contributed by atoms with Gasteiger partial charge in [0.25, 0.3) is 15.9 Å². The summed E-state index contributed by atoms with van der Waals surface area (Å²) in [5, 5.41) is 10.8. The number of nitro groups is 1. The van der Waals surface area contributed by atoms with Crippen LogP contribution in [0, 0.1) is 17.0 Å². The number of benzene rings is 1. The average Bonchev–Trinajstić information content (AvgIpc) is 2.81. The number of carbonyl (C=O) groups excluding carboxylic acids is 1. The van der Waals surface area contributed by atoms with Crippen molar-refractivity contribution in [1.82, 2.24) is 14.3 Å². The Kier molecular flexibility index (Phi) is 4.22. The first kappa shape index (κ1) is 15.6. The van der Waals surface area contributed by atoms with Gasteiger partial charge in [0.05, 0.1) is 4.90 Å². The maximum absolute atomic E-state index is 12.0. The van der Waals surface area contributed by atoms with Crippen LogP contribution in [0.25, 0.3) is 0 Å². The highest BCUT2D eigenvalue weighted by molar-refractivity contribution is 7.90. The maximum Gasteiger partial charge on any atom is 0.343 e. The van der Waals surface area contributed by atoms with E-state index in [1.54, 1.807) is 6.07 Å². The Labute approximate surface area is 125 Å². The standard InChI is InChI=1S/C12H12N4O5S/c1-9-13-7-12(16(18)19)15(9)8-11(17)14-22(20,21)10-5-3-2-4-6-10/h2-7H,8H2,1H3,(H,14,17). The van der Waals surface area contributed by atoms with Gasteiger partial charge in [-0.3, -0.25) is 4.79 Å². The molecule has 0 aliphatic rings. The Balaban J connectivity index is 2.18. The molecular formula is C12H12N4O5S. The SMILES string of the molecule is Cc1ncc([N+](=O)[O-])n1CC(=O)NS(=O)(=O)c1ccccc1. The molecule has 1 aromatic carbocycles. The van der Waals surface area contributed by atoms with Gasteiger partial charge in [0.2, 0.25) is 0 Å².